The Hall–Kier alpha value is 0.633. The Bertz CT molecular complexity index is 63.0. The zero-order valence-electron chi connectivity index (χ0n) is 3.22. The van der Waals surface area contributed by atoms with E-state index in [9.17, 15) is 13.2 Å². The van der Waals surface area contributed by atoms with E-state index in [-0.39, 0.29) is 19.5 Å². The minimum absolute atomic E-state index is 0. The predicted octanol–water partition coefficient (Wildman–Crippen LogP) is 2.41. The molecule has 0 aromatic carbocycles. The monoisotopic (exact) mass is 224 g/mol. The molecule has 0 aliphatic carbocycles. The van der Waals surface area contributed by atoms with Crippen LogP contribution in [0.4, 0.5) is 13.2 Å². The molecule has 0 nitrogen and oxygen atoms in total. The molecule has 0 saturated carbocycles. The van der Waals surface area contributed by atoms with Gasteiger partial charge in [0.1, 0.15) is 0 Å². The largest absolute Gasteiger partial charge is 0.312 e. The van der Waals surface area contributed by atoms with Gasteiger partial charge in [-0.05, 0) is 15.9 Å². The van der Waals surface area contributed by atoms with Crippen molar-refractivity contribution >= 4 is 15.9 Å². The van der Waals surface area contributed by atoms with Crippen molar-refractivity contribution in [2.45, 2.75) is 0 Å². The first-order chi connectivity index (χ1) is 2.64. The molecule has 38 valence electrons. The van der Waals surface area contributed by atoms with Gasteiger partial charge in [0.05, 0.1) is 0 Å². The van der Waals surface area contributed by atoms with Crippen LogP contribution in [-0.2, 0) is 19.5 Å². The fourth-order valence-corrected chi connectivity index (χ4v) is 0. The van der Waals surface area contributed by atoms with Crippen LogP contribution < -0.4 is 0 Å². The minimum Gasteiger partial charge on any atom is -0.193 e. The summed E-state index contributed by atoms with van der Waals surface area (Å²) in [5.74, 6) is 0. The molecular weight excluding hydrogens is 226 g/mol. The van der Waals surface area contributed by atoms with E-state index in [1.807, 2.05) is 15.9 Å². The van der Waals surface area contributed by atoms with Crippen molar-refractivity contribution in [1.29, 1.82) is 0 Å². The Balaban J connectivity index is 0. The van der Waals surface area contributed by atoms with Crippen LogP contribution in [0.1, 0.15) is 0 Å². The van der Waals surface area contributed by atoms with Gasteiger partial charge in [0, 0.05) is 19.5 Å². The molecular formula is C2BrF3Zn. The summed E-state index contributed by atoms with van der Waals surface area (Å²) >= 11 is 1.90. The van der Waals surface area contributed by atoms with Gasteiger partial charge < -0.3 is 0 Å². The van der Waals surface area contributed by atoms with Gasteiger partial charge >= 0.3 is 6.08 Å². The van der Waals surface area contributed by atoms with Crippen molar-refractivity contribution in [3.05, 3.63) is 10.8 Å². The molecule has 0 unspecified atom stereocenters. The molecule has 0 radical (unpaired) electrons. The fraction of sp³-hybridized carbons (Fsp3) is 0. The van der Waals surface area contributed by atoms with E-state index in [2.05, 4.69) is 0 Å². The Labute approximate surface area is 59.7 Å². The Kier molecular flexibility index (Phi) is 7.23. The van der Waals surface area contributed by atoms with E-state index >= 15 is 0 Å². The molecule has 0 atom stereocenters. The zero-order chi connectivity index (χ0) is 5.15. The molecule has 0 fully saturated rings. The SMILES string of the molecule is FC(F)=C(F)Br.[Zn]. The van der Waals surface area contributed by atoms with Crippen LogP contribution in [-0.4, -0.2) is 0 Å². The third-order valence-electron chi connectivity index (χ3n) is 0.143. The second-order valence-corrected chi connectivity index (χ2v) is 1.22. The van der Waals surface area contributed by atoms with Crippen LogP contribution in [0.3, 0.4) is 0 Å². The van der Waals surface area contributed by atoms with E-state index < -0.39 is 10.8 Å². The second-order valence-electron chi connectivity index (χ2n) is 0.521. The van der Waals surface area contributed by atoms with E-state index in [4.69, 9.17) is 0 Å². The number of hydrogen-bond acceptors (Lipinski definition) is 0. The summed E-state index contributed by atoms with van der Waals surface area (Å²) in [4.78, 5) is 0. The molecule has 0 aromatic rings. The Morgan fingerprint density at radius 1 is 1.14 bits per heavy atom. The summed E-state index contributed by atoms with van der Waals surface area (Å²) in [5.41, 5.74) is 0. The van der Waals surface area contributed by atoms with Gasteiger partial charge in [-0.25, -0.2) is 0 Å². The average molecular weight is 226 g/mol. The molecule has 7 heavy (non-hydrogen) atoms. The first-order valence-corrected chi connectivity index (χ1v) is 1.80. The fourth-order valence-electron chi connectivity index (χ4n) is 0. The summed E-state index contributed by atoms with van der Waals surface area (Å²) < 4.78 is 30.5. The molecule has 5 heteroatoms. The Morgan fingerprint density at radius 2 is 1.29 bits per heavy atom. The number of hydrogen-bond donors (Lipinski definition) is 0. The van der Waals surface area contributed by atoms with Crippen LogP contribution in [0.15, 0.2) is 10.8 Å². The van der Waals surface area contributed by atoms with Gasteiger partial charge in [0.25, 0.3) is 0 Å². The molecule has 0 heterocycles. The molecule has 0 aliphatic rings. The van der Waals surface area contributed by atoms with Crippen molar-refractivity contribution in [3.8, 4) is 0 Å². The summed E-state index contributed by atoms with van der Waals surface area (Å²) in [6.45, 7) is 0. The van der Waals surface area contributed by atoms with Crippen molar-refractivity contribution in [3.63, 3.8) is 0 Å². The van der Waals surface area contributed by atoms with Crippen molar-refractivity contribution < 1.29 is 32.6 Å². The molecule has 0 amide bonds. The average Bonchev–Trinajstić information content (AvgIpc) is 1.36. The third kappa shape index (κ3) is 6.63. The standard InChI is InChI=1S/C2BrF3.Zn/c3-1(4)2(5)6;. The molecule has 0 saturated heterocycles. The van der Waals surface area contributed by atoms with Crippen molar-refractivity contribution in [2.24, 2.45) is 0 Å². The summed E-state index contributed by atoms with van der Waals surface area (Å²) in [6, 6.07) is 0. The van der Waals surface area contributed by atoms with Gasteiger partial charge in [0.2, 0.25) is 4.74 Å². The summed E-state index contributed by atoms with van der Waals surface area (Å²) in [7, 11) is 0. The minimum atomic E-state index is -2.32. The molecule has 0 N–H and O–H groups in total. The van der Waals surface area contributed by atoms with Gasteiger partial charge in [-0.2, -0.15) is 13.2 Å². The van der Waals surface area contributed by atoms with Crippen LogP contribution in [0.2, 0.25) is 0 Å². The van der Waals surface area contributed by atoms with Crippen LogP contribution >= 0.6 is 15.9 Å². The summed E-state index contributed by atoms with van der Waals surface area (Å²) in [6.07, 6.45) is -2.32. The molecule has 0 aliphatic heterocycles. The van der Waals surface area contributed by atoms with Crippen LogP contribution in [0, 0.1) is 0 Å². The molecule has 0 rings (SSSR count). The van der Waals surface area contributed by atoms with E-state index in [0.717, 1.165) is 0 Å². The number of rotatable bonds is 0. The zero-order valence-corrected chi connectivity index (χ0v) is 7.77. The van der Waals surface area contributed by atoms with Gasteiger partial charge in [0.15, 0.2) is 0 Å². The first-order valence-electron chi connectivity index (χ1n) is 1.01. The molecule has 0 aromatic heterocycles. The van der Waals surface area contributed by atoms with E-state index in [1.54, 1.807) is 0 Å². The third-order valence-corrected chi connectivity index (χ3v) is 0.443. The smallest absolute Gasteiger partial charge is 0.193 e. The van der Waals surface area contributed by atoms with Gasteiger partial charge in [-0.3, -0.25) is 0 Å². The van der Waals surface area contributed by atoms with Crippen molar-refractivity contribution in [2.75, 3.05) is 0 Å². The van der Waals surface area contributed by atoms with E-state index in [0.29, 0.717) is 0 Å². The van der Waals surface area contributed by atoms with Crippen molar-refractivity contribution in [1.82, 2.24) is 0 Å². The normalized spacial score (nSPS) is 6.86. The van der Waals surface area contributed by atoms with E-state index in [1.165, 1.54) is 0 Å². The quantitative estimate of drug-likeness (QED) is 0.556. The van der Waals surface area contributed by atoms with Crippen LogP contribution in [0.5, 0.6) is 0 Å². The molecule has 0 spiro atoms. The predicted molar refractivity (Wildman–Crippen MR) is 19.3 cm³/mol. The van der Waals surface area contributed by atoms with Gasteiger partial charge in [-0.15, -0.1) is 0 Å². The maximum atomic E-state index is 10.9. The topological polar surface area (TPSA) is 0 Å². The van der Waals surface area contributed by atoms with Gasteiger partial charge in [-0.1, -0.05) is 0 Å². The maximum absolute atomic E-state index is 10.9. The van der Waals surface area contributed by atoms with Crippen LogP contribution in [0.25, 0.3) is 0 Å². The summed E-state index contributed by atoms with van der Waals surface area (Å²) in [5, 5.41) is 0. The number of halogens is 4. The molecule has 0 bridgehead atoms. The maximum Gasteiger partial charge on any atom is 0.312 e. The second kappa shape index (κ2) is 4.78. The Morgan fingerprint density at radius 3 is 1.29 bits per heavy atom. The first kappa shape index (κ1) is 10.6.